The summed E-state index contributed by atoms with van der Waals surface area (Å²) in [7, 11) is 0. The number of pyridine rings is 1. The number of amides is 1. The Hall–Kier alpha value is -3.46. The van der Waals surface area contributed by atoms with Gasteiger partial charge in [-0.3, -0.25) is 14.7 Å². The largest absolute Gasteiger partial charge is 0.298 e. The first kappa shape index (κ1) is 16.7. The fraction of sp³-hybridized carbons (Fsp3) is 0.120. The Morgan fingerprint density at radius 2 is 1.75 bits per heavy atom. The molecule has 0 N–H and O–H groups in total. The number of fused-ring (bicyclic) bond motifs is 2. The van der Waals surface area contributed by atoms with E-state index >= 15 is 0 Å². The maximum absolute atomic E-state index is 13.6. The number of hydrogen-bond donors (Lipinski definition) is 0. The molecule has 2 heterocycles. The summed E-state index contributed by atoms with van der Waals surface area (Å²) in [6.45, 7) is 2.09. The van der Waals surface area contributed by atoms with Gasteiger partial charge in [-0.05, 0) is 42.7 Å². The van der Waals surface area contributed by atoms with E-state index in [-0.39, 0.29) is 11.9 Å². The van der Waals surface area contributed by atoms with E-state index in [4.69, 9.17) is 0 Å². The maximum atomic E-state index is 13.6. The van der Waals surface area contributed by atoms with Crippen LogP contribution in [0.3, 0.4) is 0 Å². The summed E-state index contributed by atoms with van der Waals surface area (Å²) in [5.41, 5.74) is 5.94. The normalized spacial score (nSPS) is 16.2. The van der Waals surface area contributed by atoms with Crippen molar-refractivity contribution in [3.63, 3.8) is 0 Å². The van der Waals surface area contributed by atoms with Crippen molar-refractivity contribution >= 4 is 22.5 Å². The fourth-order valence-corrected chi connectivity index (χ4v) is 4.18. The van der Waals surface area contributed by atoms with Gasteiger partial charge >= 0.3 is 0 Å². The van der Waals surface area contributed by atoms with Crippen LogP contribution >= 0.6 is 0 Å². The van der Waals surface area contributed by atoms with Crippen LogP contribution in [-0.4, -0.2) is 10.9 Å². The van der Waals surface area contributed by atoms with Gasteiger partial charge in [-0.25, -0.2) is 0 Å². The van der Waals surface area contributed by atoms with Crippen LogP contribution in [0.15, 0.2) is 85.1 Å². The number of carbonyl (C=O) groups excluding carboxylic acids is 1. The Labute approximate surface area is 164 Å². The summed E-state index contributed by atoms with van der Waals surface area (Å²) < 4.78 is 0. The monoisotopic (exact) mass is 364 g/mol. The number of anilines is 1. The van der Waals surface area contributed by atoms with E-state index < -0.39 is 0 Å². The first-order valence-electron chi connectivity index (χ1n) is 9.54. The molecule has 136 valence electrons. The number of aromatic nitrogens is 1. The molecule has 0 fully saturated rings. The zero-order valence-electron chi connectivity index (χ0n) is 15.7. The van der Waals surface area contributed by atoms with Gasteiger partial charge in [0.15, 0.2) is 0 Å². The van der Waals surface area contributed by atoms with Gasteiger partial charge in [0.1, 0.15) is 0 Å². The van der Waals surface area contributed by atoms with Crippen LogP contribution < -0.4 is 4.90 Å². The number of rotatable bonds is 2. The molecule has 0 spiro atoms. The van der Waals surface area contributed by atoms with E-state index in [2.05, 4.69) is 42.2 Å². The Kier molecular flexibility index (Phi) is 3.94. The molecule has 1 aromatic heterocycles. The Morgan fingerprint density at radius 3 is 2.64 bits per heavy atom. The number of hydrogen-bond acceptors (Lipinski definition) is 2. The van der Waals surface area contributed by atoms with Crippen LogP contribution in [0.2, 0.25) is 0 Å². The zero-order chi connectivity index (χ0) is 19.1. The number of aryl methyl sites for hydroxylation is 1. The highest BCUT2D eigenvalue weighted by Gasteiger charge is 2.35. The molecular formula is C25H20N2O. The molecule has 1 aliphatic rings. The predicted octanol–water partition coefficient (Wildman–Crippen LogP) is 5.49. The second kappa shape index (κ2) is 6.61. The Balaban J connectivity index is 1.75. The van der Waals surface area contributed by atoms with Gasteiger partial charge in [0.2, 0.25) is 0 Å². The third kappa shape index (κ3) is 2.67. The highest BCUT2D eigenvalue weighted by molar-refractivity contribution is 6.12. The molecule has 0 saturated heterocycles. The minimum Gasteiger partial charge on any atom is -0.298 e. The van der Waals surface area contributed by atoms with Crippen molar-refractivity contribution in [2.24, 2.45) is 0 Å². The summed E-state index contributed by atoms with van der Waals surface area (Å²) in [4.78, 5) is 20.2. The average molecular weight is 364 g/mol. The molecule has 1 amide bonds. The second-order valence-electron chi connectivity index (χ2n) is 7.32. The summed E-state index contributed by atoms with van der Waals surface area (Å²) in [5, 5.41) is 1.04. The maximum Gasteiger partial charge on any atom is 0.259 e. The topological polar surface area (TPSA) is 33.2 Å². The molecule has 0 unspecified atom stereocenters. The fourth-order valence-electron chi connectivity index (χ4n) is 4.18. The summed E-state index contributed by atoms with van der Waals surface area (Å²) >= 11 is 0. The van der Waals surface area contributed by atoms with E-state index in [1.54, 1.807) is 6.20 Å². The molecular weight excluding hydrogens is 344 g/mol. The van der Waals surface area contributed by atoms with E-state index in [1.807, 2.05) is 53.4 Å². The van der Waals surface area contributed by atoms with Gasteiger partial charge < -0.3 is 0 Å². The molecule has 3 aromatic carbocycles. The SMILES string of the molecule is Cc1cccc([C@@H]2Cc3ccccc3C(=O)N2c2cccc3cccnc23)c1. The van der Waals surface area contributed by atoms with Crippen LogP contribution in [0.1, 0.15) is 33.1 Å². The summed E-state index contributed by atoms with van der Waals surface area (Å²) in [5.74, 6) is 0.0338. The van der Waals surface area contributed by atoms with Gasteiger partial charge in [0.05, 0.1) is 17.2 Å². The van der Waals surface area contributed by atoms with Crippen LogP contribution in [0.4, 0.5) is 5.69 Å². The highest BCUT2D eigenvalue weighted by atomic mass is 16.2. The minimum absolute atomic E-state index is 0.0338. The first-order valence-corrected chi connectivity index (χ1v) is 9.54. The summed E-state index contributed by atoms with van der Waals surface area (Å²) in [6, 6.07) is 26.3. The average Bonchev–Trinajstić information content (AvgIpc) is 2.73. The second-order valence-corrected chi connectivity index (χ2v) is 7.32. The van der Waals surface area contributed by atoms with Gasteiger partial charge in [-0.2, -0.15) is 0 Å². The first-order chi connectivity index (χ1) is 13.7. The minimum atomic E-state index is -0.0603. The van der Waals surface area contributed by atoms with Crippen LogP contribution in [-0.2, 0) is 6.42 Å². The quantitative estimate of drug-likeness (QED) is 0.471. The molecule has 0 aliphatic carbocycles. The van der Waals surface area contributed by atoms with Gasteiger partial charge in [-0.15, -0.1) is 0 Å². The molecule has 0 radical (unpaired) electrons. The molecule has 4 aromatic rings. The van der Waals surface area contributed by atoms with Crippen molar-refractivity contribution in [2.75, 3.05) is 4.90 Å². The molecule has 28 heavy (non-hydrogen) atoms. The van der Waals surface area contributed by atoms with Crippen molar-refractivity contribution in [1.82, 2.24) is 4.98 Å². The number of nitrogens with zero attached hydrogens (tertiary/aromatic N) is 2. The van der Waals surface area contributed by atoms with E-state index in [0.29, 0.717) is 0 Å². The third-order valence-corrected chi connectivity index (χ3v) is 5.49. The lowest BCUT2D eigenvalue weighted by molar-refractivity contribution is 0.0967. The lowest BCUT2D eigenvalue weighted by Gasteiger charge is -2.37. The van der Waals surface area contributed by atoms with Gasteiger partial charge in [0.25, 0.3) is 5.91 Å². The number of para-hydroxylation sites is 1. The van der Waals surface area contributed by atoms with Gasteiger partial charge in [-0.1, -0.05) is 66.2 Å². The van der Waals surface area contributed by atoms with Crippen molar-refractivity contribution in [3.8, 4) is 0 Å². The van der Waals surface area contributed by atoms with Crippen LogP contribution in [0, 0.1) is 6.92 Å². The molecule has 1 aliphatic heterocycles. The van der Waals surface area contributed by atoms with E-state index in [9.17, 15) is 4.79 Å². The molecule has 1 atom stereocenters. The van der Waals surface area contributed by atoms with Crippen molar-refractivity contribution in [1.29, 1.82) is 0 Å². The lowest BCUT2D eigenvalue weighted by atomic mass is 9.88. The zero-order valence-corrected chi connectivity index (χ0v) is 15.7. The van der Waals surface area contributed by atoms with Crippen molar-refractivity contribution in [3.05, 3.63) is 107 Å². The smallest absolute Gasteiger partial charge is 0.259 e. The Bertz CT molecular complexity index is 1190. The molecule has 0 saturated carbocycles. The summed E-state index contributed by atoms with van der Waals surface area (Å²) in [6.07, 6.45) is 2.57. The lowest BCUT2D eigenvalue weighted by Crippen LogP contribution is -2.40. The van der Waals surface area contributed by atoms with Crippen LogP contribution in [0.5, 0.6) is 0 Å². The van der Waals surface area contributed by atoms with Gasteiger partial charge in [0, 0.05) is 17.1 Å². The third-order valence-electron chi connectivity index (χ3n) is 5.49. The van der Waals surface area contributed by atoms with E-state index in [0.717, 1.165) is 39.7 Å². The van der Waals surface area contributed by atoms with Crippen LogP contribution in [0.25, 0.3) is 10.9 Å². The predicted molar refractivity (Wildman–Crippen MR) is 113 cm³/mol. The number of benzene rings is 3. The standard InChI is InChI=1S/C25H20N2O/c1-17-7-4-10-20(15-17)23-16-19-8-2-3-12-21(19)25(28)27(23)22-13-5-9-18-11-6-14-26-24(18)22/h2-15,23H,16H2,1H3/t23-/m0/s1. The highest BCUT2D eigenvalue weighted by Crippen LogP contribution is 2.39. The molecule has 3 nitrogen and oxygen atoms in total. The Morgan fingerprint density at radius 1 is 0.929 bits per heavy atom. The van der Waals surface area contributed by atoms with E-state index in [1.165, 1.54) is 5.56 Å². The molecule has 3 heteroatoms. The molecule has 0 bridgehead atoms. The van der Waals surface area contributed by atoms with Crippen molar-refractivity contribution < 1.29 is 4.79 Å². The number of carbonyl (C=O) groups is 1. The molecule has 5 rings (SSSR count). The van der Waals surface area contributed by atoms with Crippen molar-refractivity contribution in [2.45, 2.75) is 19.4 Å².